The van der Waals surface area contributed by atoms with Gasteiger partial charge in [0, 0.05) is 18.3 Å². The summed E-state index contributed by atoms with van der Waals surface area (Å²) in [6, 6.07) is -1.82. The lowest BCUT2D eigenvalue weighted by Crippen LogP contribution is -2.50. The number of carbonyl (C=O) groups excluding carboxylic acids is 2. The van der Waals surface area contributed by atoms with Crippen molar-refractivity contribution in [2.24, 2.45) is 5.73 Å². The van der Waals surface area contributed by atoms with Crippen LogP contribution in [-0.2, 0) is 27.5 Å². The smallest absolute Gasteiger partial charge is 0.280 e. The number of nitrogens with zero attached hydrogens (tertiary/aromatic N) is 4. The number of fused-ring (bicyclic) bond motifs is 1. The molecule has 0 aliphatic rings. The maximum atomic E-state index is 12.8. The minimum absolute atomic E-state index is 0.00773. The van der Waals surface area contributed by atoms with Gasteiger partial charge in [-0.1, -0.05) is 0 Å². The van der Waals surface area contributed by atoms with Crippen molar-refractivity contribution in [1.29, 1.82) is 0 Å². The third-order valence-electron chi connectivity index (χ3n) is 4.21. The summed E-state index contributed by atoms with van der Waals surface area (Å²) in [6.07, 6.45) is 4.45. The highest BCUT2D eigenvalue weighted by Crippen LogP contribution is 2.09. The van der Waals surface area contributed by atoms with E-state index in [1.807, 2.05) is 0 Å². The zero-order chi connectivity index (χ0) is 22.4. The van der Waals surface area contributed by atoms with Crippen molar-refractivity contribution in [2.45, 2.75) is 32.2 Å². The molecule has 14 heteroatoms. The van der Waals surface area contributed by atoms with Crippen LogP contribution < -0.4 is 21.9 Å². The zero-order valence-electron chi connectivity index (χ0n) is 16.7. The average molecular weight is 433 g/mol. The molecule has 7 N–H and O–H groups in total. The number of anilines is 1. The molecular formula is C17H23N9O5. The molecule has 2 unspecified atom stereocenters. The van der Waals surface area contributed by atoms with E-state index in [9.17, 15) is 14.4 Å². The van der Waals surface area contributed by atoms with Crippen LogP contribution in [0.1, 0.15) is 12.6 Å². The molecular weight excluding hydrogens is 410 g/mol. The summed E-state index contributed by atoms with van der Waals surface area (Å²) in [7, 11) is 0. The van der Waals surface area contributed by atoms with E-state index < -0.39 is 29.5 Å². The van der Waals surface area contributed by atoms with E-state index in [0.29, 0.717) is 5.69 Å². The van der Waals surface area contributed by atoms with Crippen LogP contribution in [0.5, 0.6) is 0 Å². The second kappa shape index (κ2) is 9.92. The number of rotatable bonds is 10. The summed E-state index contributed by atoms with van der Waals surface area (Å²) in [4.78, 5) is 54.6. The van der Waals surface area contributed by atoms with E-state index in [-0.39, 0.29) is 43.5 Å². The molecule has 3 aromatic rings. The predicted octanol–water partition coefficient (Wildman–Crippen LogP) is -2.18. The third-order valence-corrected chi connectivity index (χ3v) is 4.21. The summed E-state index contributed by atoms with van der Waals surface area (Å²) in [6.45, 7) is 1.44. The van der Waals surface area contributed by atoms with Gasteiger partial charge >= 0.3 is 0 Å². The number of aliphatic hydroxyl groups excluding tert-OH is 1. The fraction of sp³-hybridized carbons (Fsp3) is 0.412. The lowest BCUT2D eigenvalue weighted by molar-refractivity contribution is -0.127. The number of nitrogens with one attached hydrogen (secondary N) is 4. The first-order valence-electron chi connectivity index (χ1n) is 9.37. The molecule has 3 aromatic heterocycles. The molecule has 0 radical (unpaired) electrons. The number of aromatic nitrogens is 6. The average Bonchev–Trinajstić information content (AvgIpc) is 3.38. The van der Waals surface area contributed by atoms with Gasteiger partial charge in [0.15, 0.2) is 11.2 Å². The minimum Gasteiger partial charge on any atom is -0.394 e. The third kappa shape index (κ3) is 5.50. The minimum atomic E-state index is -1.00. The van der Waals surface area contributed by atoms with Crippen LogP contribution >= 0.6 is 0 Å². The summed E-state index contributed by atoms with van der Waals surface area (Å²) >= 11 is 0. The van der Waals surface area contributed by atoms with E-state index in [1.54, 1.807) is 0 Å². The number of aliphatic hydroxyl groups is 1. The number of hydrogen-bond donors (Lipinski definition) is 6. The Morgan fingerprint density at radius 3 is 2.87 bits per heavy atom. The van der Waals surface area contributed by atoms with Crippen LogP contribution in [0.2, 0.25) is 0 Å². The van der Waals surface area contributed by atoms with Crippen molar-refractivity contribution in [2.75, 3.05) is 18.5 Å². The highest BCUT2D eigenvalue weighted by atomic mass is 16.5. The van der Waals surface area contributed by atoms with E-state index in [1.165, 1.54) is 30.3 Å². The molecule has 0 saturated heterocycles. The summed E-state index contributed by atoms with van der Waals surface area (Å²) in [5.41, 5.74) is 5.88. The number of hydrogen-bond acceptors (Lipinski definition) is 9. The van der Waals surface area contributed by atoms with Gasteiger partial charge in [-0.25, -0.2) is 9.97 Å². The van der Waals surface area contributed by atoms with Crippen LogP contribution in [0, 0.1) is 0 Å². The molecule has 0 spiro atoms. The van der Waals surface area contributed by atoms with Crippen molar-refractivity contribution < 1.29 is 19.4 Å². The Morgan fingerprint density at radius 1 is 1.39 bits per heavy atom. The molecule has 166 valence electrons. The first-order valence-corrected chi connectivity index (χ1v) is 9.37. The molecule has 2 atom stereocenters. The molecule has 0 bridgehead atoms. The van der Waals surface area contributed by atoms with Crippen LogP contribution in [0.4, 0.5) is 5.95 Å². The van der Waals surface area contributed by atoms with Gasteiger partial charge in [-0.2, -0.15) is 4.98 Å². The lowest BCUT2D eigenvalue weighted by Gasteiger charge is -2.18. The Balaban J connectivity index is 1.82. The van der Waals surface area contributed by atoms with E-state index >= 15 is 0 Å². The molecule has 0 aliphatic carbocycles. The number of carbonyl (C=O) groups is 2. The predicted molar refractivity (Wildman–Crippen MR) is 108 cm³/mol. The maximum absolute atomic E-state index is 12.8. The van der Waals surface area contributed by atoms with Gasteiger partial charge in [0.25, 0.3) is 5.56 Å². The summed E-state index contributed by atoms with van der Waals surface area (Å²) in [5, 5.41) is 13.9. The van der Waals surface area contributed by atoms with Gasteiger partial charge in [-0.3, -0.25) is 29.3 Å². The van der Waals surface area contributed by atoms with E-state index in [4.69, 9.17) is 15.6 Å². The Bertz CT molecular complexity index is 1090. The van der Waals surface area contributed by atoms with Gasteiger partial charge in [0.1, 0.15) is 12.8 Å². The fourth-order valence-electron chi connectivity index (χ4n) is 2.67. The number of ether oxygens (including phenoxy) is 1. The molecule has 3 rings (SSSR count). The molecule has 2 amide bonds. The molecule has 0 fully saturated rings. The second-order valence-electron chi connectivity index (χ2n) is 6.68. The van der Waals surface area contributed by atoms with Gasteiger partial charge in [0.2, 0.25) is 17.8 Å². The SMILES string of the molecule is CC(N)C(=O)NC(Cc1cnc[nH]1)C(=O)Nc1nc2c(ncn2COCCO)c(=O)[nH]1. The Morgan fingerprint density at radius 2 is 2.19 bits per heavy atom. The van der Waals surface area contributed by atoms with Crippen molar-refractivity contribution in [3.8, 4) is 0 Å². The van der Waals surface area contributed by atoms with Crippen LogP contribution in [0.3, 0.4) is 0 Å². The first kappa shape index (κ1) is 22.1. The second-order valence-corrected chi connectivity index (χ2v) is 6.68. The number of nitrogens with two attached hydrogens (primary N) is 1. The largest absolute Gasteiger partial charge is 0.394 e. The molecule has 3 heterocycles. The highest BCUT2D eigenvalue weighted by Gasteiger charge is 2.24. The van der Waals surface area contributed by atoms with Crippen molar-refractivity contribution >= 4 is 28.9 Å². The number of imidazole rings is 2. The Kier molecular flexibility index (Phi) is 7.07. The first-order chi connectivity index (χ1) is 14.9. The Labute approximate surface area is 175 Å². The summed E-state index contributed by atoms with van der Waals surface area (Å²) < 4.78 is 6.68. The fourth-order valence-corrected chi connectivity index (χ4v) is 2.67. The van der Waals surface area contributed by atoms with Gasteiger partial charge < -0.3 is 25.9 Å². The molecule has 0 aromatic carbocycles. The van der Waals surface area contributed by atoms with Crippen molar-refractivity contribution in [3.05, 3.63) is 34.9 Å². The normalized spacial score (nSPS) is 13.1. The van der Waals surface area contributed by atoms with Crippen LogP contribution in [0.25, 0.3) is 11.2 Å². The topological polar surface area (TPSA) is 206 Å². The van der Waals surface area contributed by atoms with Crippen molar-refractivity contribution in [3.63, 3.8) is 0 Å². The van der Waals surface area contributed by atoms with Gasteiger partial charge in [0.05, 0.1) is 31.9 Å². The molecule has 0 saturated carbocycles. The number of aromatic amines is 2. The molecule has 14 nitrogen and oxygen atoms in total. The number of H-pyrrole nitrogens is 2. The van der Waals surface area contributed by atoms with E-state index in [0.717, 1.165) is 0 Å². The van der Waals surface area contributed by atoms with Crippen molar-refractivity contribution in [1.82, 2.24) is 34.8 Å². The van der Waals surface area contributed by atoms with Crippen LogP contribution in [0.15, 0.2) is 23.6 Å². The standard InChI is InChI=1S/C17H23N9O5/c1-9(18)14(28)22-11(4-10-5-19-6-20-10)15(29)24-17-23-13-12(16(30)25-17)21-7-26(13)8-31-3-2-27/h5-7,9,11,27H,2-4,8,18H2,1H3,(H,19,20)(H,22,28)(H2,23,24,25,29,30). The van der Waals surface area contributed by atoms with Crippen LogP contribution in [-0.4, -0.2) is 71.7 Å². The molecule has 0 aliphatic heterocycles. The monoisotopic (exact) mass is 433 g/mol. The Hall–Kier alpha value is -3.62. The highest BCUT2D eigenvalue weighted by molar-refractivity contribution is 5.97. The maximum Gasteiger partial charge on any atom is 0.280 e. The summed E-state index contributed by atoms with van der Waals surface area (Å²) in [5.74, 6) is -1.26. The number of amides is 2. The van der Waals surface area contributed by atoms with Gasteiger partial charge in [-0.15, -0.1) is 0 Å². The van der Waals surface area contributed by atoms with Gasteiger partial charge in [-0.05, 0) is 6.92 Å². The lowest BCUT2D eigenvalue weighted by atomic mass is 10.1. The van der Waals surface area contributed by atoms with E-state index in [2.05, 4.69) is 35.6 Å². The quantitative estimate of drug-likeness (QED) is 0.192. The molecule has 31 heavy (non-hydrogen) atoms. The zero-order valence-corrected chi connectivity index (χ0v) is 16.7.